The van der Waals surface area contributed by atoms with Crippen molar-refractivity contribution < 1.29 is 30.8 Å². The molecule has 0 aliphatic heterocycles. The van der Waals surface area contributed by atoms with Gasteiger partial charge in [-0.1, -0.05) is 12.1 Å². The molecular formula is C17H12F4N2O4S2. The standard InChI is InChI=1S/C17H12F4N2O4S2/c1-8-14(15(25)29(2,26)27)23-12(24)7-10(22-16(23)28-8)6-9-4-3-5-11(13(9)18)17(19,20)21/h3-5,7H,6H2,1-2H3. The van der Waals surface area contributed by atoms with Crippen molar-refractivity contribution >= 4 is 31.3 Å². The lowest BCUT2D eigenvalue weighted by atomic mass is 10.0. The van der Waals surface area contributed by atoms with Crippen molar-refractivity contribution in [1.82, 2.24) is 9.38 Å². The maximum Gasteiger partial charge on any atom is 0.419 e. The normalized spacial score (nSPS) is 12.5. The topological polar surface area (TPSA) is 85.6 Å². The Hall–Kier alpha value is -2.60. The summed E-state index contributed by atoms with van der Waals surface area (Å²) in [7, 11) is -4.12. The minimum absolute atomic E-state index is 0.0205. The van der Waals surface area contributed by atoms with Gasteiger partial charge in [-0.05, 0) is 18.6 Å². The molecule has 2 aromatic heterocycles. The van der Waals surface area contributed by atoms with E-state index in [1.165, 1.54) is 6.92 Å². The van der Waals surface area contributed by atoms with E-state index in [1.54, 1.807) is 0 Å². The highest BCUT2D eigenvalue weighted by molar-refractivity contribution is 8.06. The fraction of sp³-hybridized carbons (Fsp3) is 0.235. The first kappa shape index (κ1) is 21.1. The van der Waals surface area contributed by atoms with E-state index in [2.05, 4.69) is 4.98 Å². The van der Waals surface area contributed by atoms with E-state index in [0.717, 1.165) is 33.9 Å². The lowest BCUT2D eigenvalue weighted by Crippen LogP contribution is -2.23. The first-order chi connectivity index (χ1) is 13.3. The van der Waals surface area contributed by atoms with Crippen molar-refractivity contribution in [3.63, 3.8) is 0 Å². The van der Waals surface area contributed by atoms with Crippen molar-refractivity contribution in [2.75, 3.05) is 6.26 Å². The summed E-state index contributed by atoms with van der Waals surface area (Å²) in [6, 6.07) is 3.73. The maximum atomic E-state index is 14.2. The third kappa shape index (κ3) is 3.94. The Morgan fingerprint density at radius 3 is 2.52 bits per heavy atom. The molecular weight excluding hydrogens is 436 g/mol. The molecule has 0 aliphatic rings. The third-order valence-corrected chi connectivity index (χ3v) is 5.85. The second kappa shape index (κ2) is 7.02. The highest BCUT2D eigenvalue weighted by Gasteiger charge is 2.35. The predicted molar refractivity (Wildman–Crippen MR) is 97.5 cm³/mol. The van der Waals surface area contributed by atoms with Crippen molar-refractivity contribution in [3.8, 4) is 0 Å². The monoisotopic (exact) mass is 448 g/mol. The Morgan fingerprint density at radius 2 is 1.93 bits per heavy atom. The molecule has 0 saturated heterocycles. The highest BCUT2D eigenvalue weighted by Crippen LogP contribution is 2.33. The summed E-state index contributed by atoms with van der Waals surface area (Å²) in [5.41, 5.74) is -2.90. The fourth-order valence-corrected chi connectivity index (χ4v) is 4.41. The molecule has 0 N–H and O–H groups in total. The molecule has 0 aliphatic carbocycles. The quantitative estimate of drug-likeness (QED) is 0.575. The number of hydrogen-bond acceptors (Lipinski definition) is 6. The van der Waals surface area contributed by atoms with Gasteiger partial charge in [-0.3, -0.25) is 9.59 Å². The van der Waals surface area contributed by atoms with Gasteiger partial charge in [0.05, 0.1) is 11.3 Å². The van der Waals surface area contributed by atoms with Gasteiger partial charge in [-0.15, -0.1) is 11.3 Å². The van der Waals surface area contributed by atoms with Gasteiger partial charge in [0.2, 0.25) is 9.84 Å². The summed E-state index contributed by atoms with van der Waals surface area (Å²) in [6.45, 7) is 1.43. The van der Waals surface area contributed by atoms with Crippen LogP contribution in [0.2, 0.25) is 0 Å². The van der Waals surface area contributed by atoms with Crippen LogP contribution < -0.4 is 5.56 Å². The molecule has 0 amide bonds. The molecule has 0 fully saturated rings. The number of rotatable bonds is 3. The number of benzene rings is 1. The zero-order chi connectivity index (χ0) is 21.7. The van der Waals surface area contributed by atoms with Crippen LogP contribution in [-0.2, 0) is 22.4 Å². The van der Waals surface area contributed by atoms with Gasteiger partial charge < -0.3 is 0 Å². The van der Waals surface area contributed by atoms with Gasteiger partial charge in [0.25, 0.3) is 10.7 Å². The Balaban J connectivity index is 2.11. The van der Waals surface area contributed by atoms with E-state index in [0.29, 0.717) is 12.3 Å². The van der Waals surface area contributed by atoms with Crippen LogP contribution >= 0.6 is 11.3 Å². The average molecular weight is 448 g/mol. The number of aryl methyl sites for hydroxylation is 1. The van der Waals surface area contributed by atoms with Crippen molar-refractivity contribution in [2.45, 2.75) is 19.5 Å². The van der Waals surface area contributed by atoms with Crippen LogP contribution in [0.4, 0.5) is 17.6 Å². The molecule has 154 valence electrons. The Kier molecular flexibility index (Phi) is 5.11. The Morgan fingerprint density at radius 1 is 1.28 bits per heavy atom. The van der Waals surface area contributed by atoms with Crippen molar-refractivity contribution in [2.24, 2.45) is 0 Å². The van der Waals surface area contributed by atoms with E-state index in [9.17, 15) is 35.6 Å². The number of halogens is 4. The largest absolute Gasteiger partial charge is 0.419 e. The van der Waals surface area contributed by atoms with Crippen LogP contribution in [-0.4, -0.2) is 29.2 Å². The lowest BCUT2D eigenvalue weighted by Gasteiger charge is -2.11. The summed E-state index contributed by atoms with van der Waals surface area (Å²) in [5, 5.41) is -1.25. The molecule has 12 heteroatoms. The zero-order valence-corrected chi connectivity index (χ0v) is 16.5. The molecule has 0 unspecified atom stereocenters. The molecule has 3 rings (SSSR count). The van der Waals surface area contributed by atoms with Crippen molar-refractivity contribution in [1.29, 1.82) is 0 Å². The first-order valence-corrected chi connectivity index (χ1v) is 10.6. The average Bonchev–Trinajstić information content (AvgIpc) is 2.90. The highest BCUT2D eigenvalue weighted by atomic mass is 32.2. The van der Waals surface area contributed by atoms with Gasteiger partial charge in [-0.2, -0.15) is 13.2 Å². The molecule has 29 heavy (non-hydrogen) atoms. The molecule has 1 aromatic carbocycles. The molecule has 2 heterocycles. The summed E-state index contributed by atoms with van der Waals surface area (Å²) in [6.07, 6.45) is -4.56. The summed E-state index contributed by atoms with van der Waals surface area (Å²) in [4.78, 5) is 28.9. The SMILES string of the molecule is Cc1sc2nc(Cc3cccc(C(F)(F)F)c3F)cc(=O)n2c1C(=O)S(C)(=O)=O. The fourth-order valence-electron chi connectivity index (χ4n) is 2.76. The molecule has 0 atom stereocenters. The Bertz CT molecular complexity index is 1310. The summed E-state index contributed by atoms with van der Waals surface area (Å²) in [5.74, 6) is -1.46. The number of alkyl halides is 3. The van der Waals surface area contributed by atoms with E-state index in [-0.39, 0.29) is 26.8 Å². The molecule has 0 saturated carbocycles. The molecule has 6 nitrogen and oxygen atoms in total. The second-order valence-corrected chi connectivity index (χ2v) is 9.32. The number of hydrogen-bond donors (Lipinski definition) is 0. The van der Waals surface area contributed by atoms with Crippen LogP contribution in [0.15, 0.2) is 29.1 Å². The van der Waals surface area contributed by atoms with Crippen molar-refractivity contribution in [3.05, 3.63) is 67.8 Å². The van der Waals surface area contributed by atoms with E-state index in [4.69, 9.17) is 0 Å². The smallest absolute Gasteiger partial charge is 0.274 e. The molecule has 0 spiro atoms. The van der Waals surface area contributed by atoms with Gasteiger partial charge in [0, 0.05) is 23.6 Å². The molecule has 0 radical (unpaired) electrons. The number of carbonyl (C=O) groups is 1. The predicted octanol–water partition coefficient (Wildman–Crippen LogP) is 3.00. The minimum atomic E-state index is -4.87. The number of nitrogens with zero attached hydrogens (tertiary/aromatic N) is 2. The van der Waals surface area contributed by atoms with Gasteiger partial charge in [0.1, 0.15) is 11.5 Å². The second-order valence-electron chi connectivity index (χ2n) is 6.22. The first-order valence-electron chi connectivity index (χ1n) is 7.91. The summed E-state index contributed by atoms with van der Waals surface area (Å²) < 4.78 is 76.8. The van der Waals surface area contributed by atoms with Crippen LogP contribution in [0.3, 0.4) is 0 Å². The van der Waals surface area contributed by atoms with Crippen LogP contribution in [0, 0.1) is 12.7 Å². The Labute approximate surface area is 165 Å². The number of fused-ring (bicyclic) bond motifs is 1. The van der Waals surface area contributed by atoms with E-state index >= 15 is 0 Å². The lowest BCUT2D eigenvalue weighted by molar-refractivity contribution is -0.140. The number of aromatic nitrogens is 2. The third-order valence-electron chi connectivity index (χ3n) is 4.03. The molecule has 0 bridgehead atoms. The van der Waals surface area contributed by atoms with Gasteiger partial charge in [-0.25, -0.2) is 22.2 Å². The van der Waals surface area contributed by atoms with Crippen LogP contribution in [0.1, 0.15) is 32.2 Å². The summed E-state index contributed by atoms with van der Waals surface area (Å²) >= 11 is 0.867. The van der Waals surface area contributed by atoms with E-state index in [1.807, 2.05) is 0 Å². The zero-order valence-electron chi connectivity index (χ0n) is 14.9. The molecule has 3 aromatic rings. The van der Waals surface area contributed by atoms with Crippen LogP contribution in [0.5, 0.6) is 0 Å². The maximum absolute atomic E-state index is 14.2. The number of carbonyl (C=O) groups excluding carboxylic acids is 1. The van der Waals surface area contributed by atoms with Gasteiger partial charge >= 0.3 is 6.18 Å². The van der Waals surface area contributed by atoms with Crippen LogP contribution in [0.25, 0.3) is 4.96 Å². The number of thiazole rings is 1. The minimum Gasteiger partial charge on any atom is -0.274 e. The van der Waals surface area contributed by atoms with E-state index < -0.39 is 44.5 Å². The number of sulfone groups is 1. The van der Waals surface area contributed by atoms with Gasteiger partial charge in [0.15, 0.2) is 4.96 Å².